The highest BCUT2D eigenvalue weighted by atomic mass is 16.2. The number of amides is 1. The van der Waals surface area contributed by atoms with E-state index in [1.165, 1.54) is 50.1 Å². The molecule has 2 heteroatoms. The highest BCUT2D eigenvalue weighted by Crippen LogP contribution is 2.63. The molecular weight excluding hydrogens is 667 g/mol. The topological polar surface area (TPSA) is 20.3 Å². The van der Waals surface area contributed by atoms with Gasteiger partial charge in [-0.15, -0.1) is 0 Å². The lowest BCUT2D eigenvalue weighted by Gasteiger charge is -2.32. The van der Waals surface area contributed by atoms with E-state index in [2.05, 4.69) is 170 Å². The van der Waals surface area contributed by atoms with Gasteiger partial charge in [0.2, 0.25) is 0 Å². The van der Waals surface area contributed by atoms with Crippen molar-refractivity contribution in [1.82, 2.24) is 0 Å². The molecule has 0 fully saturated rings. The quantitative estimate of drug-likeness (QED) is 0.167. The van der Waals surface area contributed by atoms with Gasteiger partial charge in [0.05, 0.1) is 11.1 Å². The van der Waals surface area contributed by atoms with Crippen molar-refractivity contribution >= 4 is 38.8 Å². The summed E-state index contributed by atoms with van der Waals surface area (Å²) >= 11 is 0. The fourth-order valence-electron chi connectivity index (χ4n) is 9.77. The van der Waals surface area contributed by atoms with E-state index in [9.17, 15) is 0 Å². The molecule has 0 heterocycles. The first kappa shape index (κ1) is 31.5. The summed E-state index contributed by atoms with van der Waals surface area (Å²) < 4.78 is 0. The molecule has 2 nitrogen and oxygen atoms in total. The smallest absolute Gasteiger partial charge is 0.263 e. The molecule has 0 saturated heterocycles. The third-order valence-electron chi connectivity index (χ3n) is 12.0. The van der Waals surface area contributed by atoms with Crippen molar-refractivity contribution < 1.29 is 4.79 Å². The van der Waals surface area contributed by atoms with Gasteiger partial charge in [-0.1, -0.05) is 176 Å². The Morgan fingerprint density at radius 3 is 1.45 bits per heavy atom. The van der Waals surface area contributed by atoms with Crippen LogP contribution in [0.15, 0.2) is 194 Å². The van der Waals surface area contributed by atoms with E-state index in [4.69, 9.17) is 0 Å². The van der Waals surface area contributed by atoms with Crippen LogP contribution in [-0.2, 0) is 5.41 Å². The zero-order valence-corrected chi connectivity index (χ0v) is 30.3. The maximum absolute atomic E-state index is 15.6. The van der Waals surface area contributed by atoms with Gasteiger partial charge in [-0.05, 0) is 97.1 Å². The minimum atomic E-state index is -0.534. The molecule has 0 unspecified atom stereocenters. The molecule has 55 heavy (non-hydrogen) atoms. The Labute approximate surface area is 320 Å². The van der Waals surface area contributed by atoms with Crippen molar-refractivity contribution in [2.75, 3.05) is 4.90 Å². The van der Waals surface area contributed by atoms with Crippen LogP contribution in [0.25, 0.3) is 54.9 Å². The summed E-state index contributed by atoms with van der Waals surface area (Å²) in [5.74, 6) is -0.0578. The summed E-state index contributed by atoms with van der Waals surface area (Å²) in [4.78, 5) is 17.6. The molecule has 9 aromatic rings. The molecule has 0 saturated carbocycles. The van der Waals surface area contributed by atoms with Crippen LogP contribution in [0.2, 0.25) is 0 Å². The Balaban J connectivity index is 1.26. The highest BCUT2D eigenvalue weighted by Gasteiger charge is 2.51. The summed E-state index contributed by atoms with van der Waals surface area (Å²) in [5.41, 5.74) is 15.1. The van der Waals surface area contributed by atoms with Crippen molar-refractivity contribution in [2.24, 2.45) is 0 Å². The van der Waals surface area contributed by atoms with Gasteiger partial charge in [0, 0.05) is 22.0 Å². The number of rotatable bonds is 4. The standard InChI is InChI=1S/C53H35NO/c1-34-17-5-6-20-37(34)52(55)54(51-44-26-9-7-24-42(44)50(35-18-3-2-4-19-35)43-25-8-10-27-45(43)51)36-31-32-41-40-23-13-16-30-48(40)53(49(41)33-36)46-28-14-11-21-38(46)39-22-12-15-29-47(39)53/h2-33H,1H3. The number of anilines is 2. The third kappa shape index (κ3) is 4.34. The van der Waals surface area contributed by atoms with Crippen LogP contribution in [0.3, 0.4) is 0 Å². The SMILES string of the molecule is Cc1ccccc1C(=O)N(c1ccc2c(c1)C1(c3ccccc3-c3ccccc31)c1ccccc1-2)c1c2ccccc2c(-c2ccccc2)c2ccccc12. The number of carbonyl (C=O) groups excluding carboxylic acids is 1. The van der Waals surface area contributed by atoms with Gasteiger partial charge in [-0.25, -0.2) is 0 Å². The van der Waals surface area contributed by atoms with Gasteiger partial charge in [0.25, 0.3) is 5.91 Å². The third-order valence-corrected chi connectivity index (χ3v) is 12.0. The lowest BCUT2D eigenvalue weighted by Crippen LogP contribution is -2.29. The monoisotopic (exact) mass is 701 g/mol. The Morgan fingerprint density at radius 2 is 0.891 bits per heavy atom. The fourth-order valence-corrected chi connectivity index (χ4v) is 9.77. The molecule has 0 atom stereocenters. The predicted molar refractivity (Wildman–Crippen MR) is 227 cm³/mol. The molecule has 1 spiro atoms. The first-order chi connectivity index (χ1) is 27.2. The number of nitrogens with zero attached hydrogens (tertiary/aromatic N) is 1. The van der Waals surface area contributed by atoms with Gasteiger partial charge in [-0.3, -0.25) is 9.69 Å². The maximum Gasteiger partial charge on any atom is 0.263 e. The first-order valence-electron chi connectivity index (χ1n) is 19.0. The Hall–Kier alpha value is -7.03. The average Bonchev–Trinajstić information content (AvgIpc) is 3.71. The van der Waals surface area contributed by atoms with E-state index in [0.717, 1.165) is 44.0 Å². The summed E-state index contributed by atoms with van der Waals surface area (Å²) in [6.45, 7) is 2.03. The van der Waals surface area contributed by atoms with Gasteiger partial charge in [-0.2, -0.15) is 0 Å². The van der Waals surface area contributed by atoms with Crippen LogP contribution in [0, 0.1) is 6.92 Å². The molecule has 2 aliphatic rings. The molecule has 1 amide bonds. The summed E-state index contributed by atoms with van der Waals surface area (Å²) in [5, 5.41) is 4.26. The van der Waals surface area contributed by atoms with Crippen molar-refractivity contribution in [1.29, 1.82) is 0 Å². The molecule has 0 radical (unpaired) electrons. The van der Waals surface area contributed by atoms with Crippen molar-refractivity contribution in [3.63, 3.8) is 0 Å². The van der Waals surface area contributed by atoms with Crippen LogP contribution in [0.4, 0.5) is 11.4 Å². The molecule has 258 valence electrons. The zero-order valence-electron chi connectivity index (χ0n) is 30.3. The zero-order chi connectivity index (χ0) is 36.7. The number of fused-ring (bicyclic) bond motifs is 12. The molecule has 0 aliphatic heterocycles. The highest BCUT2D eigenvalue weighted by molar-refractivity contribution is 6.27. The molecule has 11 rings (SSSR count). The molecule has 0 bridgehead atoms. The van der Waals surface area contributed by atoms with E-state index in [0.29, 0.717) is 5.56 Å². The first-order valence-corrected chi connectivity index (χ1v) is 19.0. The average molecular weight is 702 g/mol. The van der Waals surface area contributed by atoms with E-state index < -0.39 is 5.41 Å². The van der Waals surface area contributed by atoms with E-state index >= 15 is 4.79 Å². The van der Waals surface area contributed by atoms with Crippen LogP contribution in [0.1, 0.15) is 38.2 Å². The fraction of sp³-hybridized carbons (Fsp3) is 0.0377. The van der Waals surface area contributed by atoms with Crippen molar-refractivity contribution in [3.05, 3.63) is 228 Å². The van der Waals surface area contributed by atoms with E-state index in [1.54, 1.807) is 0 Å². The number of benzene rings is 9. The van der Waals surface area contributed by atoms with Crippen LogP contribution >= 0.6 is 0 Å². The molecule has 2 aliphatic carbocycles. The second kappa shape index (κ2) is 12.0. The number of hydrogen-bond acceptors (Lipinski definition) is 1. The van der Waals surface area contributed by atoms with E-state index in [1.807, 2.05) is 36.1 Å². The minimum Gasteiger partial charge on any atom is -0.276 e. The second-order valence-electron chi connectivity index (χ2n) is 14.8. The Bertz CT molecular complexity index is 2910. The lowest BCUT2D eigenvalue weighted by molar-refractivity contribution is 0.0999. The predicted octanol–water partition coefficient (Wildman–Crippen LogP) is 13.3. The Kier molecular flexibility index (Phi) is 6.87. The van der Waals surface area contributed by atoms with Crippen LogP contribution in [0.5, 0.6) is 0 Å². The largest absolute Gasteiger partial charge is 0.276 e. The van der Waals surface area contributed by atoms with Crippen molar-refractivity contribution in [3.8, 4) is 33.4 Å². The summed E-state index contributed by atoms with van der Waals surface area (Å²) in [7, 11) is 0. The van der Waals surface area contributed by atoms with Crippen LogP contribution in [-0.4, -0.2) is 5.91 Å². The number of hydrogen-bond donors (Lipinski definition) is 0. The number of aryl methyl sites for hydroxylation is 1. The summed E-state index contributed by atoms with van der Waals surface area (Å²) in [6, 6.07) is 69.0. The molecule has 0 N–H and O–H groups in total. The minimum absolute atomic E-state index is 0.0578. The van der Waals surface area contributed by atoms with E-state index in [-0.39, 0.29) is 5.91 Å². The van der Waals surface area contributed by atoms with Gasteiger partial charge in [0.15, 0.2) is 0 Å². The van der Waals surface area contributed by atoms with Gasteiger partial charge >= 0.3 is 0 Å². The lowest BCUT2D eigenvalue weighted by atomic mass is 9.70. The van der Waals surface area contributed by atoms with Gasteiger partial charge < -0.3 is 0 Å². The molecular formula is C53H35NO. The molecule has 0 aromatic heterocycles. The molecule has 9 aromatic carbocycles. The Morgan fingerprint density at radius 1 is 0.436 bits per heavy atom. The summed E-state index contributed by atoms with van der Waals surface area (Å²) in [6.07, 6.45) is 0. The van der Waals surface area contributed by atoms with Gasteiger partial charge in [0.1, 0.15) is 0 Å². The number of carbonyl (C=O) groups is 1. The normalized spacial score (nSPS) is 13.0. The van der Waals surface area contributed by atoms with Crippen molar-refractivity contribution in [2.45, 2.75) is 12.3 Å². The second-order valence-corrected chi connectivity index (χ2v) is 14.8. The maximum atomic E-state index is 15.6. The van der Waals surface area contributed by atoms with Crippen LogP contribution < -0.4 is 4.90 Å².